The van der Waals surface area contributed by atoms with E-state index < -0.39 is 0 Å². The third-order valence-corrected chi connectivity index (χ3v) is 7.62. The van der Waals surface area contributed by atoms with Crippen LogP contribution in [0.2, 0.25) is 0 Å². The number of hydrogen-bond donors (Lipinski definition) is 1. The molecule has 5 bridgehead atoms. The van der Waals surface area contributed by atoms with E-state index in [1.165, 1.54) is 11.1 Å². The number of benzene rings is 1. The third-order valence-electron chi connectivity index (χ3n) is 7.62. The predicted octanol–water partition coefficient (Wildman–Crippen LogP) is 2.35. The van der Waals surface area contributed by atoms with E-state index in [9.17, 15) is 4.79 Å². The minimum atomic E-state index is -0.321. The molecule has 6 aliphatic rings. The fourth-order valence-electron chi connectivity index (χ4n) is 6.79. The number of fused-ring (bicyclic) bond motifs is 2. The zero-order valence-electron chi connectivity index (χ0n) is 14.1. The molecule has 0 aromatic heterocycles. The SMILES string of the molecule is CC=C1CN2C3CC45C(=O)C3C1CC2C4Nc1c(OC)cccc15. The van der Waals surface area contributed by atoms with Crippen molar-refractivity contribution in [1.82, 2.24) is 4.90 Å². The standard InChI is InChI=1S/C20H22N2O2/c1-3-10-9-22-13-7-11(10)16-14(22)8-20(19(16)23)12-5-4-6-15(24-2)17(12)21-18(13)20/h3-6,11,13-14,16,18,21H,7-9H2,1-2H3. The maximum atomic E-state index is 13.7. The number of para-hydroxylation sites is 1. The lowest BCUT2D eigenvalue weighted by molar-refractivity contribution is -0.126. The topological polar surface area (TPSA) is 41.6 Å². The van der Waals surface area contributed by atoms with Gasteiger partial charge in [-0.3, -0.25) is 9.69 Å². The Hall–Kier alpha value is -1.81. The lowest BCUT2D eigenvalue weighted by atomic mass is 9.65. The van der Waals surface area contributed by atoms with E-state index in [1.807, 2.05) is 12.1 Å². The van der Waals surface area contributed by atoms with Gasteiger partial charge in [0.25, 0.3) is 0 Å². The van der Waals surface area contributed by atoms with Crippen LogP contribution in [0.4, 0.5) is 5.69 Å². The van der Waals surface area contributed by atoms with Crippen molar-refractivity contribution in [3.8, 4) is 5.75 Å². The van der Waals surface area contributed by atoms with Crippen LogP contribution in [0.15, 0.2) is 29.8 Å². The normalized spacial score (nSPS) is 47.8. The summed E-state index contributed by atoms with van der Waals surface area (Å²) in [5, 5.41) is 3.74. The molecule has 1 aromatic carbocycles. The lowest BCUT2D eigenvalue weighted by Crippen LogP contribution is -2.66. The summed E-state index contributed by atoms with van der Waals surface area (Å²) < 4.78 is 5.58. The summed E-state index contributed by atoms with van der Waals surface area (Å²) in [5.74, 6) is 2.04. The van der Waals surface area contributed by atoms with Gasteiger partial charge in [-0.1, -0.05) is 23.8 Å². The number of nitrogens with one attached hydrogen (secondary N) is 1. The summed E-state index contributed by atoms with van der Waals surface area (Å²) in [4.78, 5) is 16.4. The predicted molar refractivity (Wildman–Crippen MR) is 91.3 cm³/mol. The smallest absolute Gasteiger partial charge is 0.150 e. The second-order valence-corrected chi connectivity index (χ2v) is 8.08. The minimum absolute atomic E-state index is 0.199. The number of ketones is 1. The number of methoxy groups -OCH3 is 1. The van der Waals surface area contributed by atoms with Crippen molar-refractivity contribution in [3.05, 3.63) is 35.4 Å². The first-order chi connectivity index (χ1) is 11.7. The van der Waals surface area contributed by atoms with Crippen LogP contribution in [-0.2, 0) is 10.2 Å². The van der Waals surface area contributed by atoms with Crippen molar-refractivity contribution < 1.29 is 9.53 Å². The van der Waals surface area contributed by atoms with Crippen LogP contribution in [0, 0.1) is 11.8 Å². The molecule has 7 unspecified atom stereocenters. The largest absolute Gasteiger partial charge is 0.495 e. The summed E-state index contributed by atoms with van der Waals surface area (Å²) >= 11 is 0. The van der Waals surface area contributed by atoms with Crippen LogP contribution >= 0.6 is 0 Å². The number of hydrogen-bond acceptors (Lipinski definition) is 4. The third kappa shape index (κ3) is 1.19. The first-order valence-electron chi connectivity index (χ1n) is 9.10. The van der Waals surface area contributed by atoms with Gasteiger partial charge in [-0.2, -0.15) is 0 Å². The Kier molecular flexibility index (Phi) is 2.27. The van der Waals surface area contributed by atoms with Gasteiger partial charge in [0.1, 0.15) is 5.75 Å². The summed E-state index contributed by atoms with van der Waals surface area (Å²) in [5.41, 5.74) is 3.43. The van der Waals surface area contributed by atoms with E-state index >= 15 is 0 Å². The summed E-state index contributed by atoms with van der Waals surface area (Å²) in [6, 6.07) is 7.32. The van der Waals surface area contributed by atoms with Crippen molar-refractivity contribution in [3.63, 3.8) is 0 Å². The van der Waals surface area contributed by atoms with Crippen molar-refractivity contribution in [1.29, 1.82) is 0 Å². The molecule has 1 aromatic rings. The molecule has 1 spiro atoms. The van der Waals surface area contributed by atoms with Crippen LogP contribution in [0.3, 0.4) is 0 Å². The van der Waals surface area contributed by atoms with Crippen LogP contribution in [-0.4, -0.2) is 42.5 Å². The molecule has 1 N–H and O–H groups in total. The molecule has 124 valence electrons. The van der Waals surface area contributed by atoms with Gasteiger partial charge in [-0.15, -0.1) is 0 Å². The zero-order valence-corrected chi connectivity index (χ0v) is 14.1. The number of Topliss-reactive ketones (excluding diaryl/α,β-unsaturated/α-hetero) is 1. The van der Waals surface area contributed by atoms with E-state index in [-0.39, 0.29) is 17.4 Å². The molecule has 24 heavy (non-hydrogen) atoms. The van der Waals surface area contributed by atoms with Gasteiger partial charge in [0.05, 0.1) is 24.3 Å². The number of carbonyl (C=O) groups is 1. The van der Waals surface area contributed by atoms with Crippen molar-refractivity contribution in [2.45, 2.75) is 43.3 Å². The highest BCUT2D eigenvalue weighted by Gasteiger charge is 2.73. The molecule has 5 heterocycles. The highest BCUT2D eigenvalue weighted by atomic mass is 16.5. The average Bonchev–Trinajstić information content (AvgIpc) is 3.08. The molecule has 0 radical (unpaired) electrons. The monoisotopic (exact) mass is 322 g/mol. The van der Waals surface area contributed by atoms with Gasteiger partial charge in [0.2, 0.25) is 0 Å². The molecule has 4 heteroatoms. The van der Waals surface area contributed by atoms with E-state index in [0.29, 0.717) is 23.8 Å². The van der Waals surface area contributed by atoms with Gasteiger partial charge in [0, 0.05) is 24.5 Å². The molecule has 7 rings (SSSR count). The lowest BCUT2D eigenvalue weighted by Gasteiger charge is -2.57. The van der Waals surface area contributed by atoms with Gasteiger partial charge >= 0.3 is 0 Å². The Balaban J connectivity index is 1.59. The van der Waals surface area contributed by atoms with Crippen LogP contribution in [0.25, 0.3) is 0 Å². The molecule has 0 amide bonds. The molecule has 7 atom stereocenters. The van der Waals surface area contributed by atoms with Crippen LogP contribution in [0.1, 0.15) is 25.3 Å². The van der Waals surface area contributed by atoms with E-state index in [1.54, 1.807) is 7.11 Å². The molecular formula is C20H22N2O2. The summed E-state index contributed by atoms with van der Waals surface area (Å²) in [7, 11) is 1.71. The molecule has 1 aliphatic carbocycles. The fourth-order valence-corrected chi connectivity index (χ4v) is 6.79. The molecule has 4 saturated heterocycles. The maximum absolute atomic E-state index is 13.7. The molecule has 4 nitrogen and oxygen atoms in total. The molecule has 5 fully saturated rings. The number of carbonyl (C=O) groups excluding carboxylic acids is 1. The molecule has 5 aliphatic heterocycles. The van der Waals surface area contributed by atoms with Crippen LogP contribution < -0.4 is 10.1 Å². The van der Waals surface area contributed by atoms with Gasteiger partial charge in [0.15, 0.2) is 5.78 Å². The van der Waals surface area contributed by atoms with Crippen molar-refractivity contribution in [2.24, 2.45) is 11.8 Å². The minimum Gasteiger partial charge on any atom is -0.495 e. The molecule has 1 saturated carbocycles. The number of piperidine rings is 4. The van der Waals surface area contributed by atoms with Crippen molar-refractivity contribution >= 4 is 11.5 Å². The highest BCUT2D eigenvalue weighted by Crippen LogP contribution is 2.65. The Morgan fingerprint density at radius 3 is 3.04 bits per heavy atom. The maximum Gasteiger partial charge on any atom is 0.150 e. The Morgan fingerprint density at radius 1 is 1.38 bits per heavy atom. The first kappa shape index (κ1) is 13.5. The van der Waals surface area contributed by atoms with Gasteiger partial charge in [-0.25, -0.2) is 0 Å². The summed E-state index contributed by atoms with van der Waals surface area (Å²) in [6.07, 6.45) is 4.37. The van der Waals surface area contributed by atoms with Gasteiger partial charge in [-0.05, 0) is 37.3 Å². The quantitative estimate of drug-likeness (QED) is 0.806. The zero-order chi connectivity index (χ0) is 16.2. The number of rotatable bonds is 1. The van der Waals surface area contributed by atoms with Crippen molar-refractivity contribution in [2.75, 3.05) is 19.0 Å². The number of anilines is 1. The van der Waals surface area contributed by atoms with Gasteiger partial charge < -0.3 is 10.1 Å². The summed E-state index contributed by atoms with van der Waals surface area (Å²) in [6.45, 7) is 3.19. The van der Waals surface area contributed by atoms with E-state index in [2.05, 4.69) is 29.3 Å². The fraction of sp³-hybridized carbons (Fsp3) is 0.550. The highest BCUT2D eigenvalue weighted by molar-refractivity contribution is 6.02. The van der Waals surface area contributed by atoms with E-state index in [0.717, 1.165) is 30.8 Å². The Bertz CT molecular complexity index is 816. The average molecular weight is 322 g/mol. The molecular weight excluding hydrogens is 300 g/mol. The number of allylic oxidation sites excluding steroid dienone is 1. The Morgan fingerprint density at radius 2 is 2.25 bits per heavy atom. The second-order valence-electron chi connectivity index (χ2n) is 8.08. The Labute approximate surface area is 141 Å². The van der Waals surface area contributed by atoms with E-state index in [4.69, 9.17) is 4.74 Å². The van der Waals surface area contributed by atoms with Crippen LogP contribution in [0.5, 0.6) is 5.75 Å². The second kappa shape index (κ2) is 4.05. The number of ether oxygens (including phenoxy) is 1. The number of nitrogens with zero attached hydrogens (tertiary/aromatic N) is 1. The first-order valence-corrected chi connectivity index (χ1v) is 9.10.